The Bertz CT molecular complexity index is 566. The zero-order valence-corrected chi connectivity index (χ0v) is 15.0. The van der Waals surface area contributed by atoms with Gasteiger partial charge < -0.3 is 9.47 Å². The molecule has 2 saturated carbocycles. The summed E-state index contributed by atoms with van der Waals surface area (Å²) in [4.78, 5) is 24.9. The molecule has 23 heavy (non-hydrogen) atoms. The normalized spacial score (nSPS) is 37.3. The van der Waals surface area contributed by atoms with E-state index in [0.29, 0.717) is 0 Å². The largest absolute Gasteiger partial charge is 0.458 e. The molecule has 128 valence electrons. The maximum atomic E-state index is 13.0. The van der Waals surface area contributed by atoms with Gasteiger partial charge in [0.25, 0.3) is 0 Å². The molecule has 1 heterocycles. The summed E-state index contributed by atoms with van der Waals surface area (Å²) in [6.07, 6.45) is 3.29. The Morgan fingerprint density at radius 3 is 2.43 bits per heavy atom. The van der Waals surface area contributed by atoms with E-state index in [-0.39, 0.29) is 47.3 Å². The van der Waals surface area contributed by atoms with Crippen molar-refractivity contribution in [3.8, 4) is 0 Å². The number of carbonyl (C=O) groups excluding carboxylic acids is 2. The van der Waals surface area contributed by atoms with Crippen LogP contribution in [0.25, 0.3) is 0 Å². The van der Waals surface area contributed by atoms with Gasteiger partial charge in [-0.3, -0.25) is 9.59 Å². The third-order valence-electron chi connectivity index (χ3n) is 6.22. The molecule has 0 radical (unpaired) electrons. The van der Waals surface area contributed by atoms with Crippen molar-refractivity contribution in [2.24, 2.45) is 28.6 Å². The lowest BCUT2D eigenvalue weighted by Crippen LogP contribution is -2.45. The van der Waals surface area contributed by atoms with Crippen LogP contribution in [-0.2, 0) is 19.1 Å². The fraction of sp³-hybridized carbons (Fsp3) is 0.789. The SMILES string of the molecule is CC(C)=CC(C)(C(=O)OC1C2CC3C(=O)OC1C3C2)C(C)(C)C. The molecule has 0 N–H and O–H groups in total. The van der Waals surface area contributed by atoms with Crippen molar-refractivity contribution >= 4 is 11.9 Å². The van der Waals surface area contributed by atoms with Crippen LogP contribution in [0.3, 0.4) is 0 Å². The van der Waals surface area contributed by atoms with E-state index in [9.17, 15) is 9.59 Å². The number of hydrogen-bond acceptors (Lipinski definition) is 4. The molecule has 1 aliphatic heterocycles. The highest BCUT2D eigenvalue weighted by molar-refractivity contribution is 5.81. The van der Waals surface area contributed by atoms with E-state index >= 15 is 0 Å². The number of fused-ring (bicyclic) bond motifs is 1. The van der Waals surface area contributed by atoms with E-state index in [1.165, 1.54) is 0 Å². The zero-order chi connectivity index (χ0) is 17.2. The molecule has 4 heteroatoms. The van der Waals surface area contributed by atoms with Gasteiger partial charge in [0.1, 0.15) is 12.2 Å². The van der Waals surface area contributed by atoms with Gasteiger partial charge in [-0.1, -0.05) is 32.4 Å². The second-order valence-corrected chi connectivity index (χ2v) is 8.95. The maximum Gasteiger partial charge on any atom is 0.316 e. The minimum Gasteiger partial charge on any atom is -0.458 e. The molecule has 6 unspecified atom stereocenters. The average Bonchev–Trinajstić information content (AvgIpc) is 3.01. The molecule has 3 rings (SSSR count). The van der Waals surface area contributed by atoms with Crippen LogP contribution in [0, 0.1) is 28.6 Å². The Labute approximate surface area is 138 Å². The molecule has 6 atom stereocenters. The first kappa shape index (κ1) is 16.5. The number of allylic oxidation sites excluding steroid dienone is 1. The highest BCUT2D eigenvalue weighted by Gasteiger charge is 2.63. The van der Waals surface area contributed by atoms with Crippen LogP contribution in [0.4, 0.5) is 0 Å². The Balaban J connectivity index is 1.81. The lowest BCUT2D eigenvalue weighted by atomic mass is 9.67. The van der Waals surface area contributed by atoms with Gasteiger partial charge in [0.15, 0.2) is 0 Å². The summed E-state index contributed by atoms with van der Waals surface area (Å²) < 4.78 is 11.5. The second kappa shape index (κ2) is 5.09. The Morgan fingerprint density at radius 2 is 1.87 bits per heavy atom. The molecular weight excluding hydrogens is 292 g/mol. The predicted molar refractivity (Wildman–Crippen MR) is 86.5 cm³/mol. The van der Waals surface area contributed by atoms with Crippen molar-refractivity contribution in [1.29, 1.82) is 0 Å². The summed E-state index contributed by atoms with van der Waals surface area (Å²) in [5, 5.41) is 0. The van der Waals surface area contributed by atoms with E-state index in [1.54, 1.807) is 0 Å². The van der Waals surface area contributed by atoms with E-state index in [2.05, 4.69) is 20.8 Å². The monoisotopic (exact) mass is 320 g/mol. The van der Waals surface area contributed by atoms with Gasteiger partial charge in [-0.15, -0.1) is 0 Å². The van der Waals surface area contributed by atoms with Crippen LogP contribution in [0.2, 0.25) is 0 Å². The average molecular weight is 320 g/mol. The fourth-order valence-corrected chi connectivity index (χ4v) is 4.47. The molecule has 2 aliphatic carbocycles. The first-order valence-corrected chi connectivity index (χ1v) is 8.62. The number of hydrogen-bond donors (Lipinski definition) is 0. The standard InChI is InChI=1S/C19H28O4/c1-10(2)9-19(6,18(3,4)5)17(21)23-14-11-7-12-13(8-11)16(20)22-15(12)14/h9,11-15H,7-8H2,1-6H3. The van der Waals surface area contributed by atoms with Crippen LogP contribution in [0.15, 0.2) is 11.6 Å². The summed E-state index contributed by atoms with van der Waals surface area (Å²) in [5.74, 6) is 0.287. The van der Waals surface area contributed by atoms with E-state index < -0.39 is 5.41 Å². The molecule has 3 aliphatic rings. The Kier molecular flexibility index (Phi) is 3.66. The number of esters is 2. The third-order valence-corrected chi connectivity index (χ3v) is 6.22. The highest BCUT2D eigenvalue weighted by Crippen LogP contribution is 2.56. The summed E-state index contributed by atoms with van der Waals surface area (Å²) >= 11 is 0. The first-order valence-electron chi connectivity index (χ1n) is 8.62. The first-order chi connectivity index (χ1) is 10.5. The molecule has 3 fully saturated rings. The summed E-state index contributed by atoms with van der Waals surface area (Å²) in [5.41, 5.74) is 0.142. The lowest BCUT2D eigenvalue weighted by molar-refractivity contribution is -0.173. The maximum absolute atomic E-state index is 13.0. The van der Waals surface area contributed by atoms with Gasteiger partial charge in [-0.2, -0.15) is 0 Å². The molecule has 0 spiro atoms. The molecule has 1 saturated heterocycles. The highest BCUT2D eigenvalue weighted by atomic mass is 16.6. The molecule has 2 bridgehead atoms. The van der Waals surface area contributed by atoms with Crippen LogP contribution in [0.1, 0.15) is 54.4 Å². The van der Waals surface area contributed by atoms with Crippen molar-refractivity contribution in [2.75, 3.05) is 0 Å². The van der Waals surface area contributed by atoms with Gasteiger partial charge in [0.2, 0.25) is 0 Å². The minimum absolute atomic E-state index is 0.0479. The Hall–Kier alpha value is -1.32. The molecule has 0 amide bonds. The van der Waals surface area contributed by atoms with Gasteiger partial charge in [0.05, 0.1) is 11.3 Å². The molecular formula is C19H28O4. The van der Waals surface area contributed by atoms with Gasteiger partial charge in [-0.25, -0.2) is 0 Å². The molecule has 0 aromatic heterocycles. The fourth-order valence-electron chi connectivity index (χ4n) is 4.47. The van der Waals surface area contributed by atoms with Crippen molar-refractivity contribution in [2.45, 2.75) is 66.6 Å². The van der Waals surface area contributed by atoms with Crippen molar-refractivity contribution in [3.05, 3.63) is 11.6 Å². The number of carbonyl (C=O) groups is 2. The van der Waals surface area contributed by atoms with E-state index in [4.69, 9.17) is 9.47 Å². The summed E-state index contributed by atoms with van der Waals surface area (Å²) in [6.45, 7) is 12.1. The molecule has 0 aromatic carbocycles. The number of rotatable bonds is 3. The van der Waals surface area contributed by atoms with Crippen molar-refractivity contribution in [3.63, 3.8) is 0 Å². The molecule has 0 aromatic rings. The van der Waals surface area contributed by atoms with Crippen LogP contribution >= 0.6 is 0 Å². The minimum atomic E-state index is -0.699. The molecule has 4 nitrogen and oxygen atoms in total. The van der Waals surface area contributed by atoms with Gasteiger partial charge in [-0.05, 0) is 39.0 Å². The lowest BCUT2D eigenvalue weighted by Gasteiger charge is -2.39. The predicted octanol–water partition coefficient (Wildman–Crippen LogP) is 3.50. The van der Waals surface area contributed by atoms with E-state index in [1.807, 2.05) is 26.8 Å². The third kappa shape index (κ3) is 2.41. The van der Waals surface area contributed by atoms with Crippen LogP contribution in [0.5, 0.6) is 0 Å². The second-order valence-electron chi connectivity index (χ2n) is 8.95. The Morgan fingerprint density at radius 1 is 1.22 bits per heavy atom. The van der Waals surface area contributed by atoms with E-state index in [0.717, 1.165) is 18.4 Å². The van der Waals surface area contributed by atoms with Gasteiger partial charge >= 0.3 is 11.9 Å². The van der Waals surface area contributed by atoms with Gasteiger partial charge in [0, 0.05) is 11.8 Å². The number of ether oxygens (including phenoxy) is 2. The topological polar surface area (TPSA) is 52.6 Å². The smallest absolute Gasteiger partial charge is 0.316 e. The van der Waals surface area contributed by atoms with Crippen molar-refractivity contribution < 1.29 is 19.1 Å². The quantitative estimate of drug-likeness (QED) is 0.590. The van der Waals surface area contributed by atoms with Crippen molar-refractivity contribution in [1.82, 2.24) is 0 Å². The zero-order valence-electron chi connectivity index (χ0n) is 15.0. The van der Waals surface area contributed by atoms with Crippen LogP contribution < -0.4 is 0 Å². The van der Waals surface area contributed by atoms with Crippen LogP contribution in [-0.4, -0.2) is 24.1 Å². The summed E-state index contributed by atoms with van der Waals surface area (Å²) in [7, 11) is 0. The summed E-state index contributed by atoms with van der Waals surface area (Å²) in [6, 6.07) is 0.